The van der Waals surface area contributed by atoms with Crippen molar-refractivity contribution in [1.82, 2.24) is 0 Å². The smallest absolute Gasteiger partial charge is 0.159 e. The summed E-state index contributed by atoms with van der Waals surface area (Å²) in [6, 6.07) is 8.13. The Hall–Kier alpha value is -2.04. The molecule has 0 aromatic carbocycles. The van der Waals surface area contributed by atoms with Crippen LogP contribution in [0.2, 0.25) is 0 Å². The van der Waals surface area contributed by atoms with Gasteiger partial charge in [0.1, 0.15) is 0 Å². The van der Waals surface area contributed by atoms with Gasteiger partial charge in [0.15, 0.2) is 5.41 Å². The minimum Gasteiger partial charge on any atom is -0.198 e. The van der Waals surface area contributed by atoms with Gasteiger partial charge in [-0.15, -0.1) is 0 Å². The second kappa shape index (κ2) is 8.15. The molecule has 0 radical (unpaired) electrons. The van der Waals surface area contributed by atoms with Gasteiger partial charge in [0.2, 0.25) is 0 Å². The van der Waals surface area contributed by atoms with Crippen molar-refractivity contribution in [3.8, 4) is 24.3 Å². The summed E-state index contributed by atoms with van der Waals surface area (Å²) in [5.74, 6) is -0.537. The molecule has 0 aromatic heterocycles. The van der Waals surface area contributed by atoms with Crippen LogP contribution in [-0.4, -0.2) is 0 Å². The van der Waals surface area contributed by atoms with Gasteiger partial charge in [-0.2, -0.15) is 21.0 Å². The molecule has 0 spiro atoms. The van der Waals surface area contributed by atoms with Crippen LogP contribution in [0.3, 0.4) is 0 Å². The van der Waals surface area contributed by atoms with E-state index in [1.807, 2.05) is 25.1 Å². The van der Waals surface area contributed by atoms with E-state index < -0.39 is 11.3 Å². The maximum Gasteiger partial charge on any atom is 0.159 e. The maximum absolute atomic E-state index is 9.17. The molecule has 0 saturated carbocycles. The molecular weight excluding hydrogens is 212 g/mol. The lowest BCUT2D eigenvalue weighted by atomic mass is 9.73. The summed E-state index contributed by atoms with van der Waals surface area (Å²) in [6.45, 7) is 1.93. The molecule has 4 heteroatoms. The fraction of sp³-hybridized carbons (Fsp3) is 0.692. The third kappa shape index (κ3) is 4.14. The minimum absolute atomic E-state index is 0.375. The molecule has 1 unspecified atom stereocenters. The summed E-state index contributed by atoms with van der Waals surface area (Å²) in [4.78, 5) is 0. The molecule has 1 atom stereocenters. The van der Waals surface area contributed by atoms with Crippen molar-refractivity contribution < 1.29 is 0 Å². The fourth-order valence-corrected chi connectivity index (χ4v) is 1.78. The number of hydrogen-bond donors (Lipinski definition) is 0. The van der Waals surface area contributed by atoms with Crippen LogP contribution in [0.25, 0.3) is 0 Å². The Labute approximate surface area is 103 Å². The number of rotatable bonds is 7. The van der Waals surface area contributed by atoms with Crippen molar-refractivity contribution >= 4 is 0 Å². The van der Waals surface area contributed by atoms with Crippen LogP contribution in [0.5, 0.6) is 0 Å². The van der Waals surface area contributed by atoms with Crippen molar-refractivity contribution in [2.45, 2.75) is 45.4 Å². The molecule has 0 rings (SSSR count). The van der Waals surface area contributed by atoms with E-state index in [0.29, 0.717) is 32.1 Å². The zero-order valence-electron chi connectivity index (χ0n) is 10.1. The van der Waals surface area contributed by atoms with E-state index in [4.69, 9.17) is 10.5 Å². The van der Waals surface area contributed by atoms with Crippen LogP contribution in [0.15, 0.2) is 0 Å². The number of unbranched alkanes of at least 4 members (excludes halogenated alkanes) is 2. The van der Waals surface area contributed by atoms with Gasteiger partial charge in [-0.1, -0.05) is 13.3 Å². The summed E-state index contributed by atoms with van der Waals surface area (Å²) in [5.41, 5.74) is -1.21. The third-order valence-electron chi connectivity index (χ3n) is 2.84. The molecule has 0 bridgehead atoms. The summed E-state index contributed by atoms with van der Waals surface area (Å²) in [5, 5.41) is 35.8. The molecule has 4 nitrogen and oxygen atoms in total. The first-order chi connectivity index (χ1) is 8.20. The number of hydrogen-bond acceptors (Lipinski definition) is 4. The second-order valence-corrected chi connectivity index (χ2v) is 4.03. The molecule has 0 aliphatic heterocycles. The van der Waals surface area contributed by atoms with Crippen molar-refractivity contribution in [3.63, 3.8) is 0 Å². The summed E-state index contributed by atoms with van der Waals surface area (Å²) in [6.07, 6.45) is 3.46. The highest BCUT2D eigenvalue weighted by molar-refractivity contribution is 5.20. The predicted molar refractivity (Wildman–Crippen MR) is 61.8 cm³/mol. The van der Waals surface area contributed by atoms with Crippen LogP contribution < -0.4 is 0 Å². The van der Waals surface area contributed by atoms with Gasteiger partial charge in [0.05, 0.1) is 30.2 Å². The van der Waals surface area contributed by atoms with Gasteiger partial charge < -0.3 is 0 Å². The zero-order valence-corrected chi connectivity index (χ0v) is 10.1. The molecule has 17 heavy (non-hydrogen) atoms. The van der Waals surface area contributed by atoms with E-state index in [0.717, 1.165) is 6.42 Å². The van der Waals surface area contributed by atoms with Crippen LogP contribution in [0.4, 0.5) is 0 Å². The Morgan fingerprint density at radius 3 is 2.12 bits per heavy atom. The average molecular weight is 228 g/mol. The molecule has 0 aliphatic carbocycles. The minimum atomic E-state index is -1.21. The molecule has 0 amide bonds. The van der Waals surface area contributed by atoms with Gasteiger partial charge in [-0.3, -0.25) is 0 Å². The topological polar surface area (TPSA) is 95.2 Å². The summed E-state index contributed by atoms with van der Waals surface area (Å²) in [7, 11) is 0. The first-order valence-electron chi connectivity index (χ1n) is 5.79. The zero-order chi connectivity index (χ0) is 13.1. The van der Waals surface area contributed by atoms with Gasteiger partial charge in [-0.25, -0.2) is 0 Å². The third-order valence-corrected chi connectivity index (χ3v) is 2.84. The standard InChI is InChI=1S/C13H16N4/c1-2-6-12(9-15)13(10-16,11-17)7-4-3-5-8-14/h12H,2-7H2,1H3. The molecule has 0 saturated heterocycles. The summed E-state index contributed by atoms with van der Waals surface area (Å²) < 4.78 is 0. The lowest BCUT2D eigenvalue weighted by Crippen LogP contribution is -2.26. The molecule has 0 heterocycles. The van der Waals surface area contributed by atoms with E-state index in [2.05, 4.69) is 6.07 Å². The van der Waals surface area contributed by atoms with Gasteiger partial charge in [-0.05, 0) is 25.7 Å². The van der Waals surface area contributed by atoms with Crippen molar-refractivity contribution in [3.05, 3.63) is 0 Å². The lowest BCUT2D eigenvalue weighted by molar-refractivity contribution is 0.330. The van der Waals surface area contributed by atoms with Crippen molar-refractivity contribution in [2.24, 2.45) is 11.3 Å². The van der Waals surface area contributed by atoms with Crippen LogP contribution >= 0.6 is 0 Å². The highest BCUT2D eigenvalue weighted by Crippen LogP contribution is 2.35. The van der Waals surface area contributed by atoms with E-state index in [-0.39, 0.29) is 0 Å². The van der Waals surface area contributed by atoms with Gasteiger partial charge in [0.25, 0.3) is 0 Å². The second-order valence-electron chi connectivity index (χ2n) is 4.03. The molecule has 88 valence electrons. The SMILES string of the molecule is CCCC(C#N)C(C#N)(C#N)CCCCC#N. The van der Waals surface area contributed by atoms with Crippen LogP contribution in [0, 0.1) is 56.7 Å². The van der Waals surface area contributed by atoms with E-state index in [9.17, 15) is 10.5 Å². The normalized spacial score (nSPS) is 11.6. The Bertz CT molecular complexity index is 372. The lowest BCUT2D eigenvalue weighted by Gasteiger charge is -2.23. The summed E-state index contributed by atoms with van der Waals surface area (Å²) >= 11 is 0. The number of nitrogens with zero attached hydrogens (tertiary/aromatic N) is 4. The van der Waals surface area contributed by atoms with Crippen molar-refractivity contribution in [2.75, 3.05) is 0 Å². The van der Waals surface area contributed by atoms with E-state index >= 15 is 0 Å². The molecular formula is C13H16N4. The number of nitriles is 4. The van der Waals surface area contributed by atoms with Gasteiger partial charge in [0, 0.05) is 6.42 Å². The van der Waals surface area contributed by atoms with Crippen LogP contribution in [0.1, 0.15) is 45.4 Å². The monoisotopic (exact) mass is 228 g/mol. The van der Waals surface area contributed by atoms with E-state index in [1.54, 1.807) is 0 Å². The van der Waals surface area contributed by atoms with Crippen molar-refractivity contribution in [1.29, 1.82) is 21.0 Å². The van der Waals surface area contributed by atoms with E-state index in [1.165, 1.54) is 0 Å². The highest BCUT2D eigenvalue weighted by Gasteiger charge is 2.38. The largest absolute Gasteiger partial charge is 0.198 e. The predicted octanol–water partition coefficient (Wildman–Crippen LogP) is 3.04. The first kappa shape index (κ1) is 15.0. The van der Waals surface area contributed by atoms with Gasteiger partial charge >= 0.3 is 0 Å². The molecule has 0 N–H and O–H groups in total. The fourth-order valence-electron chi connectivity index (χ4n) is 1.78. The molecule has 0 aliphatic rings. The Morgan fingerprint density at radius 2 is 1.71 bits per heavy atom. The Kier molecular flexibility index (Phi) is 7.17. The quantitative estimate of drug-likeness (QED) is 0.625. The highest BCUT2D eigenvalue weighted by atomic mass is 14.5. The Balaban J connectivity index is 4.69. The average Bonchev–Trinajstić information content (AvgIpc) is 2.37. The Morgan fingerprint density at radius 1 is 1.06 bits per heavy atom. The molecule has 0 fully saturated rings. The maximum atomic E-state index is 9.17. The van der Waals surface area contributed by atoms with Crippen LogP contribution in [-0.2, 0) is 0 Å². The first-order valence-corrected chi connectivity index (χ1v) is 5.79. The molecule has 0 aromatic rings.